The number of carbonyl (C=O) groups excluding carboxylic acids is 1. The molecule has 1 aromatic rings. The van der Waals surface area contributed by atoms with Crippen LogP contribution >= 0.6 is 0 Å². The standard InChI is InChI=1S/C16H21FN2O/c1-12(20)14-4-5-16(15(17)10-14)19-8-6-18(7-9-19)11-13-2-3-13/h4-5,10,13H,2-3,6-9,11H2,1H3. The summed E-state index contributed by atoms with van der Waals surface area (Å²) in [5, 5.41) is 0. The molecule has 1 saturated carbocycles. The number of nitrogens with zero attached hydrogens (tertiary/aromatic N) is 2. The van der Waals surface area contributed by atoms with E-state index in [1.807, 2.05) is 0 Å². The van der Waals surface area contributed by atoms with E-state index in [1.54, 1.807) is 12.1 Å². The van der Waals surface area contributed by atoms with Gasteiger partial charge in [0, 0.05) is 38.3 Å². The minimum absolute atomic E-state index is 0.0929. The molecule has 4 heteroatoms. The number of halogens is 1. The Morgan fingerprint density at radius 3 is 2.50 bits per heavy atom. The minimum atomic E-state index is -0.284. The molecular weight excluding hydrogens is 255 g/mol. The molecule has 0 spiro atoms. The molecule has 0 radical (unpaired) electrons. The first-order valence-corrected chi connectivity index (χ1v) is 7.41. The van der Waals surface area contributed by atoms with Gasteiger partial charge in [-0.3, -0.25) is 9.69 Å². The Balaban J connectivity index is 1.63. The number of carbonyl (C=O) groups is 1. The van der Waals surface area contributed by atoms with E-state index in [0.29, 0.717) is 11.3 Å². The van der Waals surface area contributed by atoms with Gasteiger partial charge in [0.15, 0.2) is 5.78 Å². The number of benzene rings is 1. The van der Waals surface area contributed by atoms with Gasteiger partial charge in [0.25, 0.3) is 0 Å². The average Bonchev–Trinajstić information content (AvgIpc) is 3.24. The molecule has 0 aromatic heterocycles. The van der Waals surface area contributed by atoms with Gasteiger partial charge in [0.05, 0.1) is 5.69 Å². The molecule has 1 saturated heterocycles. The van der Waals surface area contributed by atoms with E-state index in [4.69, 9.17) is 0 Å². The largest absolute Gasteiger partial charge is 0.367 e. The summed E-state index contributed by atoms with van der Waals surface area (Å²) in [6.07, 6.45) is 2.75. The molecule has 0 N–H and O–H groups in total. The predicted octanol–water partition coefficient (Wildman–Crippen LogP) is 2.56. The van der Waals surface area contributed by atoms with E-state index in [1.165, 1.54) is 32.4 Å². The fraction of sp³-hybridized carbons (Fsp3) is 0.562. The van der Waals surface area contributed by atoms with Gasteiger partial charge in [-0.1, -0.05) is 0 Å². The normalized spacial score (nSPS) is 20.2. The maximum absolute atomic E-state index is 14.1. The monoisotopic (exact) mass is 276 g/mol. The maximum atomic E-state index is 14.1. The van der Waals surface area contributed by atoms with Crippen LogP contribution in [0.3, 0.4) is 0 Å². The topological polar surface area (TPSA) is 23.6 Å². The fourth-order valence-corrected chi connectivity index (χ4v) is 2.82. The predicted molar refractivity (Wildman–Crippen MR) is 77.8 cm³/mol. The van der Waals surface area contributed by atoms with Gasteiger partial charge >= 0.3 is 0 Å². The summed E-state index contributed by atoms with van der Waals surface area (Å²) < 4.78 is 14.1. The number of rotatable bonds is 4. The molecule has 2 fully saturated rings. The van der Waals surface area contributed by atoms with Gasteiger partial charge in [-0.05, 0) is 43.9 Å². The van der Waals surface area contributed by atoms with Crippen LogP contribution in [0.1, 0.15) is 30.1 Å². The van der Waals surface area contributed by atoms with E-state index in [9.17, 15) is 9.18 Å². The van der Waals surface area contributed by atoms with Crippen LogP contribution in [0.4, 0.5) is 10.1 Å². The van der Waals surface area contributed by atoms with E-state index in [-0.39, 0.29) is 11.6 Å². The van der Waals surface area contributed by atoms with Crippen LogP contribution in [-0.4, -0.2) is 43.4 Å². The Bertz CT molecular complexity index is 505. The molecule has 3 rings (SSSR count). The summed E-state index contributed by atoms with van der Waals surface area (Å²) >= 11 is 0. The first-order chi connectivity index (χ1) is 9.63. The molecule has 1 heterocycles. The zero-order chi connectivity index (χ0) is 14.1. The van der Waals surface area contributed by atoms with Crippen molar-refractivity contribution in [2.75, 3.05) is 37.6 Å². The molecule has 108 valence electrons. The summed E-state index contributed by atoms with van der Waals surface area (Å²) in [6.45, 7) is 6.41. The van der Waals surface area contributed by atoms with Crippen molar-refractivity contribution in [3.63, 3.8) is 0 Å². The number of anilines is 1. The number of hydrogen-bond donors (Lipinski definition) is 0. The molecule has 1 aliphatic carbocycles. The molecule has 1 aliphatic heterocycles. The summed E-state index contributed by atoms with van der Waals surface area (Å²) in [5.74, 6) is 0.534. The quantitative estimate of drug-likeness (QED) is 0.790. The minimum Gasteiger partial charge on any atom is -0.367 e. The van der Waals surface area contributed by atoms with Crippen LogP contribution in [0.25, 0.3) is 0 Å². The molecule has 20 heavy (non-hydrogen) atoms. The Morgan fingerprint density at radius 1 is 1.25 bits per heavy atom. The Morgan fingerprint density at radius 2 is 1.95 bits per heavy atom. The molecule has 1 aromatic carbocycles. The van der Waals surface area contributed by atoms with Gasteiger partial charge in [-0.2, -0.15) is 0 Å². The highest BCUT2D eigenvalue weighted by molar-refractivity contribution is 5.94. The first kappa shape index (κ1) is 13.6. The van der Waals surface area contributed by atoms with Crippen molar-refractivity contribution >= 4 is 11.5 Å². The van der Waals surface area contributed by atoms with Crippen molar-refractivity contribution in [2.24, 2.45) is 5.92 Å². The number of piperazine rings is 1. The van der Waals surface area contributed by atoms with Crippen LogP contribution in [-0.2, 0) is 0 Å². The average molecular weight is 276 g/mol. The zero-order valence-corrected chi connectivity index (χ0v) is 11.9. The SMILES string of the molecule is CC(=O)c1ccc(N2CCN(CC3CC3)CC2)c(F)c1. The lowest BCUT2D eigenvalue weighted by Gasteiger charge is -2.36. The van der Waals surface area contributed by atoms with Crippen molar-refractivity contribution in [3.05, 3.63) is 29.6 Å². The zero-order valence-electron chi connectivity index (χ0n) is 11.9. The summed E-state index contributed by atoms with van der Waals surface area (Å²) in [4.78, 5) is 15.8. The maximum Gasteiger partial charge on any atom is 0.159 e. The Labute approximate surface area is 119 Å². The third-order valence-corrected chi connectivity index (χ3v) is 4.28. The fourth-order valence-electron chi connectivity index (χ4n) is 2.82. The second-order valence-corrected chi connectivity index (χ2v) is 5.95. The lowest BCUT2D eigenvalue weighted by Crippen LogP contribution is -2.47. The Kier molecular flexibility index (Phi) is 3.74. The van der Waals surface area contributed by atoms with E-state index < -0.39 is 0 Å². The molecule has 0 amide bonds. The Hall–Kier alpha value is -1.42. The van der Waals surface area contributed by atoms with Crippen LogP contribution in [0.5, 0.6) is 0 Å². The highest BCUT2D eigenvalue weighted by Gasteiger charge is 2.27. The van der Waals surface area contributed by atoms with E-state index in [0.717, 1.165) is 32.1 Å². The van der Waals surface area contributed by atoms with E-state index >= 15 is 0 Å². The first-order valence-electron chi connectivity index (χ1n) is 7.41. The van der Waals surface area contributed by atoms with Gasteiger partial charge < -0.3 is 4.90 Å². The van der Waals surface area contributed by atoms with Crippen LogP contribution in [0, 0.1) is 11.7 Å². The molecular formula is C16H21FN2O. The third-order valence-electron chi connectivity index (χ3n) is 4.28. The summed E-state index contributed by atoms with van der Waals surface area (Å²) in [7, 11) is 0. The smallest absolute Gasteiger partial charge is 0.159 e. The van der Waals surface area contributed by atoms with Crippen molar-refractivity contribution in [1.29, 1.82) is 0 Å². The van der Waals surface area contributed by atoms with Crippen molar-refractivity contribution in [1.82, 2.24) is 4.90 Å². The van der Waals surface area contributed by atoms with Crippen LogP contribution in [0.15, 0.2) is 18.2 Å². The van der Waals surface area contributed by atoms with Gasteiger partial charge in [0.2, 0.25) is 0 Å². The van der Waals surface area contributed by atoms with Crippen molar-refractivity contribution in [2.45, 2.75) is 19.8 Å². The van der Waals surface area contributed by atoms with Crippen LogP contribution < -0.4 is 4.90 Å². The second kappa shape index (κ2) is 5.52. The molecule has 3 nitrogen and oxygen atoms in total. The van der Waals surface area contributed by atoms with Gasteiger partial charge in [0.1, 0.15) is 5.82 Å². The van der Waals surface area contributed by atoms with E-state index in [2.05, 4.69) is 9.80 Å². The lowest BCUT2D eigenvalue weighted by atomic mass is 10.1. The molecule has 0 unspecified atom stereocenters. The van der Waals surface area contributed by atoms with Gasteiger partial charge in [-0.25, -0.2) is 4.39 Å². The number of Topliss-reactive ketones (excluding diaryl/α,β-unsaturated/α-hetero) is 1. The van der Waals surface area contributed by atoms with Crippen LogP contribution in [0.2, 0.25) is 0 Å². The molecule has 0 atom stereocenters. The highest BCUT2D eigenvalue weighted by Crippen LogP contribution is 2.30. The number of hydrogen-bond acceptors (Lipinski definition) is 3. The number of ketones is 1. The molecule has 0 bridgehead atoms. The van der Waals surface area contributed by atoms with Gasteiger partial charge in [-0.15, -0.1) is 0 Å². The molecule has 2 aliphatic rings. The van der Waals surface area contributed by atoms with Crippen molar-refractivity contribution in [3.8, 4) is 0 Å². The third kappa shape index (κ3) is 3.01. The lowest BCUT2D eigenvalue weighted by molar-refractivity contribution is 0.101. The summed E-state index contributed by atoms with van der Waals surface area (Å²) in [5.41, 5.74) is 1.07. The second-order valence-electron chi connectivity index (χ2n) is 5.95. The van der Waals surface area contributed by atoms with Crippen molar-refractivity contribution < 1.29 is 9.18 Å². The summed E-state index contributed by atoms with van der Waals surface area (Å²) in [6, 6.07) is 4.81. The highest BCUT2D eigenvalue weighted by atomic mass is 19.1.